The van der Waals surface area contributed by atoms with Crippen molar-refractivity contribution in [3.63, 3.8) is 0 Å². The van der Waals surface area contributed by atoms with Crippen molar-refractivity contribution in [2.24, 2.45) is 0 Å². The molecule has 2 heterocycles. The number of benzene rings is 6. The normalized spacial score (nSPS) is 17.4. The second-order valence-electron chi connectivity index (χ2n) is 14.2. The molecule has 10 heteroatoms. The first kappa shape index (κ1) is 38.8. The van der Waals surface area contributed by atoms with Crippen molar-refractivity contribution >= 4 is 113 Å². The molecule has 0 radical (unpaired) electrons. The predicted molar refractivity (Wildman–Crippen MR) is 235 cm³/mol. The fraction of sp³-hybridized carbons (Fsp3) is 0.146. The van der Waals surface area contributed by atoms with Gasteiger partial charge in [-0.3, -0.25) is 0 Å². The van der Waals surface area contributed by atoms with Crippen molar-refractivity contribution in [2.75, 3.05) is 24.6 Å². The third-order valence-corrected chi connectivity index (χ3v) is 15.0. The maximum absolute atomic E-state index is 12.2. The van der Waals surface area contributed by atoms with Crippen LogP contribution in [0, 0.1) is 22.7 Å². The van der Waals surface area contributed by atoms with E-state index in [9.17, 15) is 25.2 Å². The molecular weight excluding hydrogens is 904 g/mol. The monoisotopic (exact) mass is 941 g/mol. The zero-order valence-electron chi connectivity index (χ0n) is 31.5. The average Bonchev–Trinajstić information content (AvgIpc) is 3.76. The Bertz CT molecular complexity index is 2950. The van der Waals surface area contributed by atoms with E-state index >= 15 is 0 Å². The first-order valence-corrected chi connectivity index (χ1v) is 22.0. The number of hydrogen-bond donors (Lipinski definition) is 1. The Morgan fingerprint density at radius 2 is 1.47 bits per heavy atom. The van der Waals surface area contributed by atoms with Crippen molar-refractivity contribution < 1.29 is 24.0 Å². The van der Waals surface area contributed by atoms with E-state index in [1.807, 2.05) is 64.2 Å². The van der Waals surface area contributed by atoms with Gasteiger partial charge in [0.15, 0.2) is 0 Å². The molecule has 0 aliphatic carbocycles. The second-order valence-corrected chi connectivity index (χ2v) is 17.6. The summed E-state index contributed by atoms with van der Waals surface area (Å²) in [6.45, 7) is 3.26. The van der Waals surface area contributed by atoms with Crippen LogP contribution < -0.4 is 8.51 Å². The fourth-order valence-electron chi connectivity index (χ4n) is 8.73. The van der Waals surface area contributed by atoms with Gasteiger partial charge in [-0.2, -0.15) is 0 Å². The first-order chi connectivity index (χ1) is 28.4. The van der Waals surface area contributed by atoms with Gasteiger partial charge >= 0.3 is 344 Å². The van der Waals surface area contributed by atoms with Gasteiger partial charge in [-0.25, -0.2) is 0 Å². The quantitative estimate of drug-likeness (QED) is 0.0248. The summed E-state index contributed by atoms with van der Waals surface area (Å²) >= 11 is 2.37. The summed E-state index contributed by atoms with van der Waals surface area (Å²) < 4.78 is 9.36. The van der Waals surface area contributed by atoms with E-state index < -0.39 is 32.3 Å². The van der Waals surface area contributed by atoms with Gasteiger partial charge in [0.25, 0.3) is 0 Å². The van der Waals surface area contributed by atoms with E-state index in [4.69, 9.17) is 4.74 Å². The molecule has 2 aliphatic heterocycles. The number of carbonyl (C=O) groups excluding carboxylic acids is 1. The van der Waals surface area contributed by atoms with Crippen molar-refractivity contribution in [3.05, 3.63) is 147 Å². The number of rotatable bonds is 12. The van der Waals surface area contributed by atoms with Crippen LogP contribution in [0.15, 0.2) is 141 Å². The molecule has 0 saturated carbocycles. The Morgan fingerprint density at radius 1 is 0.879 bits per heavy atom. The Hall–Kier alpha value is -6.02. The van der Waals surface area contributed by atoms with Crippen LogP contribution in [0.3, 0.4) is 0 Å². The molecule has 0 aromatic heterocycles. The molecule has 0 bridgehead atoms. The Balaban J connectivity index is 1.31. The number of hydrogen-bond acceptors (Lipinski definition) is 6. The van der Waals surface area contributed by atoms with E-state index in [1.165, 1.54) is 3.61 Å². The number of allylic oxidation sites excluding steroid dienone is 6. The number of anilines is 1. The molecule has 0 spiro atoms. The zero-order chi connectivity index (χ0) is 40.4. The van der Waals surface area contributed by atoms with E-state index in [-0.39, 0.29) is 19.6 Å². The van der Waals surface area contributed by atoms with Crippen LogP contribution in [0.1, 0.15) is 25.3 Å². The molecule has 284 valence electrons. The maximum atomic E-state index is 12.2. The van der Waals surface area contributed by atoms with Gasteiger partial charge in [-0.1, -0.05) is 12.1 Å². The average molecular weight is 940 g/mol. The van der Waals surface area contributed by atoms with Gasteiger partial charge in [0.2, 0.25) is 0 Å². The van der Waals surface area contributed by atoms with Gasteiger partial charge in [0.1, 0.15) is 0 Å². The van der Waals surface area contributed by atoms with Gasteiger partial charge < -0.3 is 0 Å². The van der Waals surface area contributed by atoms with Gasteiger partial charge in [-0.15, -0.1) is 0 Å². The first-order valence-electron chi connectivity index (χ1n) is 18.8. The Kier molecular flexibility index (Phi) is 11.0. The van der Waals surface area contributed by atoms with E-state index in [1.54, 1.807) is 18.2 Å². The third kappa shape index (κ3) is 6.58. The van der Waals surface area contributed by atoms with Crippen LogP contribution in [0.4, 0.5) is 11.4 Å². The van der Waals surface area contributed by atoms with Crippen LogP contribution in [0.25, 0.3) is 43.1 Å². The Morgan fingerprint density at radius 3 is 2.09 bits per heavy atom. The standard InChI is InChI=1S/C48H35BrN4O4Te/c1-48(23-11-24-49)42-37-18-6-2-14-33(37)34-15-3-7-19-38(34)43(42)52(25-22-41(55)56)46(48)31(28-50)12-10-13-32(29-51)47-53(26-27-57-30-54)44-39-20-8-4-16-35(39)36-17-5-9-21-40(36)45(44)58-47/h2-21,24,30H,22-23,25-27H2,1H3/p+1/b24-11+. The van der Waals surface area contributed by atoms with E-state index in [2.05, 4.69) is 88.4 Å². The van der Waals surface area contributed by atoms with Crippen molar-refractivity contribution in [1.82, 2.24) is 0 Å². The molecule has 2 aliphatic rings. The van der Waals surface area contributed by atoms with Crippen molar-refractivity contribution in [2.45, 2.75) is 25.2 Å². The molecular formula is C48H36BrN4O4Te+. The number of carboxylic acid groups (broad SMARTS) is 1. The van der Waals surface area contributed by atoms with Crippen LogP contribution >= 0.6 is 15.9 Å². The van der Waals surface area contributed by atoms with E-state index in [0.29, 0.717) is 36.3 Å². The summed E-state index contributed by atoms with van der Waals surface area (Å²) in [4.78, 5) is 27.4. The number of carbonyl (C=O) groups is 2. The van der Waals surface area contributed by atoms with Gasteiger partial charge in [0.05, 0.1) is 0 Å². The van der Waals surface area contributed by atoms with Crippen LogP contribution in [-0.2, 0) is 19.7 Å². The second kappa shape index (κ2) is 16.5. The molecule has 1 atom stereocenters. The molecule has 1 unspecified atom stereocenters. The van der Waals surface area contributed by atoms with Crippen LogP contribution in [0.2, 0.25) is 0 Å². The number of halogens is 1. The van der Waals surface area contributed by atoms with Crippen molar-refractivity contribution in [1.29, 1.82) is 10.5 Å². The third-order valence-electron chi connectivity index (χ3n) is 11.0. The van der Waals surface area contributed by atoms with Crippen molar-refractivity contribution in [3.8, 4) is 12.1 Å². The van der Waals surface area contributed by atoms with E-state index in [0.717, 1.165) is 63.8 Å². The number of aliphatic carboxylic acids is 1. The number of carboxylic acids is 1. The molecule has 6 aromatic carbocycles. The van der Waals surface area contributed by atoms with Crippen LogP contribution in [0.5, 0.6) is 0 Å². The molecule has 0 amide bonds. The fourth-order valence-corrected chi connectivity index (χ4v) is 12.7. The van der Waals surface area contributed by atoms with Crippen LogP contribution in [-0.4, -0.2) is 68.5 Å². The molecule has 8 nitrogen and oxygen atoms in total. The molecule has 0 saturated heterocycles. The zero-order valence-corrected chi connectivity index (χ0v) is 35.4. The summed E-state index contributed by atoms with van der Waals surface area (Å²) in [6, 6.07) is 38.0. The minimum atomic E-state index is -1.11. The number of nitriles is 2. The molecule has 6 aromatic rings. The predicted octanol–water partition coefficient (Wildman–Crippen LogP) is 9.19. The topological polar surface area (TPSA) is 117 Å². The summed E-state index contributed by atoms with van der Waals surface area (Å²) in [6.07, 6.45) is 7.71. The Labute approximate surface area is 354 Å². The summed E-state index contributed by atoms with van der Waals surface area (Å²) in [5.41, 5.74) is 3.81. The molecule has 58 heavy (non-hydrogen) atoms. The minimum absolute atomic E-state index is 0.133. The molecule has 8 rings (SSSR count). The molecule has 1 N–H and O–H groups in total. The summed E-state index contributed by atoms with van der Waals surface area (Å²) in [5.74, 6) is -0.933. The number of fused-ring (bicyclic) bond motifs is 12. The SMILES string of the molecule is CC1(C/C=C/Br)C(/C(C#N)=C/C=C/C(C#N)=C2/[Te]c3c(c4ccccc4c4ccccc34)N2CCOC=O)=[N+](CCC(=O)O)c2c1c1ccccc1c1ccccc21. The van der Waals surface area contributed by atoms with Gasteiger partial charge in [0, 0.05) is 0 Å². The number of ether oxygens (including phenoxy) is 1. The summed E-state index contributed by atoms with van der Waals surface area (Å²) in [7, 11) is 0. The molecule has 0 fully saturated rings. The summed E-state index contributed by atoms with van der Waals surface area (Å²) in [5, 5.41) is 40.4. The van der Waals surface area contributed by atoms with Gasteiger partial charge in [-0.05, 0) is 0 Å². The number of nitrogens with zero attached hydrogens (tertiary/aromatic N) is 4.